The standard InChI is InChI=1S/C26H27IN4O5/c27-20-3-1-2-16-10-17(32)11-18(22(16)20)24(34)31-12-19-21(13-31)28-25(29-23(19)33)36-15-26(4-5-26)14-30-6-8-35-9-7-30/h1-3,10-11,32H,4-9,12-15H2,(H,28,29,33). The second kappa shape index (κ2) is 9.31. The summed E-state index contributed by atoms with van der Waals surface area (Å²) < 4.78 is 12.3. The van der Waals surface area contributed by atoms with E-state index in [0.29, 0.717) is 23.4 Å². The van der Waals surface area contributed by atoms with E-state index >= 15 is 0 Å². The molecule has 3 heterocycles. The predicted molar refractivity (Wildman–Crippen MR) is 140 cm³/mol. The molecule has 2 N–H and O–H groups in total. The maximum Gasteiger partial charge on any atom is 0.320 e. The van der Waals surface area contributed by atoms with Crippen LogP contribution >= 0.6 is 22.6 Å². The van der Waals surface area contributed by atoms with Gasteiger partial charge in [-0.2, -0.15) is 9.97 Å². The first kappa shape index (κ1) is 23.7. The molecular weight excluding hydrogens is 575 g/mol. The largest absolute Gasteiger partial charge is 0.508 e. The van der Waals surface area contributed by atoms with Crippen LogP contribution < -0.4 is 4.74 Å². The van der Waals surface area contributed by atoms with Gasteiger partial charge in [-0.15, -0.1) is 0 Å². The number of phenolic OH excluding ortho intramolecular Hbond substituents is 1. The number of carbonyl (C=O) groups is 1. The Hall–Kier alpha value is -2.70. The highest BCUT2D eigenvalue weighted by atomic mass is 127. The minimum absolute atomic E-state index is 0.0361. The summed E-state index contributed by atoms with van der Waals surface area (Å²) in [5, 5.41) is 22.4. The van der Waals surface area contributed by atoms with Gasteiger partial charge < -0.3 is 24.6 Å². The van der Waals surface area contributed by atoms with Crippen molar-refractivity contribution >= 4 is 39.3 Å². The summed E-state index contributed by atoms with van der Waals surface area (Å²) in [6.45, 7) is 5.31. The summed E-state index contributed by atoms with van der Waals surface area (Å²) in [5.74, 6) is -0.352. The van der Waals surface area contributed by atoms with E-state index in [1.54, 1.807) is 11.0 Å². The van der Waals surface area contributed by atoms with Crippen molar-refractivity contribution in [1.29, 1.82) is 0 Å². The van der Waals surface area contributed by atoms with Crippen LogP contribution in [0.1, 0.15) is 34.5 Å². The minimum Gasteiger partial charge on any atom is -0.508 e. The normalized spacial score (nSPS) is 18.9. The van der Waals surface area contributed by atoms with Gasteiger partial charge in [-0.3, -0.25) is 9.69 Å². The number of phenols is 1. The molecule has 1 amide bonds. The Bertz CT molecular complexity index is 1340. The van der Waals surface area contributed by atoms with Gasteiger partial charge in [0.25, 0.3) is 5.91 Å². The molecule has 10 heteroatoms. The van der Waals surface area contributed by atoms with Crippen molar-refractivity contribution in [3.8, 4) is 17.6 Å². The van der Waals surface area contributed by atoms with E-state index in [2.05, 4.69) is 37.5 Å². The summed E-state index contributed by atoms with van der Waals surface area (Å²) in [6.07, 6.45) is 2.19. The van der Waals surface area contributed by atoms with E-state index in [1.807, 2.05) is 18.2 Å². The molecule has 0 unspecified atom stereocenters. The Morgan fingerprint density at radius 3 is 2.72 bits per heavy atom. The van der Waals surface area contributed by atoms with E-state index in [1.165, 1.54) is 6.07 Å². The predicted octanol–water partition coefficient (Wildman–Crippen LogP) is 3.29. The monoisotopic (exact) mass is 602 g/mol. The molecule has 0 bridgehead atoms. The molecule has 1 saturated carbocycles. The third-order valence-corrected chi connectivity index (χ3v) is 8.19. The van der Waals surface area contributed by atoms with Crippen molar-refractivity contribution in [3.63, 3.8) is 0 Å². The Morgan fingerprint density at radius 2 is 1.94 bits per heavy atom. The zero-order chi connectivity index (χ0) is 24.9. The van der Waals surface area contributed by atoms with Gasteiger partial charge in [0, 0.05) is 34.0 Å². The lowest BCUT2D eigenvalue weighted by atomic mass is 10.0. The maximum absolute atomic E-state index is 13.5. The summed E-state index contributed by atoms with van der Waals surface area (Å²) in [5.41, 5.74) is 1.64. The SMILES string of the molecule is O=C(c1cc(O)cc2cccc(I)c12)N1Cc2nc(OCC3(CN4CCOCC4)CC3)nc(O)c2C1. The molecule has 6 rings (SSSR count). The number of amides is 1. The highest BCUT2D eigenvalue weighted by molar-refractivity contribution is 14.1. The Kier molecular flexibility index (Phi) is 6.12. The molecule has 9 nitrogen and oxygen atoms in total. The molecular formula is C26H27IN4O5. The summed E-state index contributed by atoms with van der Waals surface area (Å²) in [4.78, 5) is 26.3. The van der Waals surface area contributed by atoms with E-state index < -0.39 is 0 Å². The quantitative estimate of drug-likeness (QED) is 0.414. The molecule has 1 saturated heterocycles. The molecule has 2 fully saturated rings. The lowest BCUT2D eigenvalue weighted by molar-refractivity contribution is 0.0231. The number of hydrogen-bond acceptors (Lipinski definition) is 8. The van der Waals surface area contributed by atoms with Crippen LogP contribution in [0, 0.1) is 8.99 Å². The lowest BCUT2D eigenvalue weighted by Gasteiger charge is -2.30. The number of hydrogen-bond donors (Lipinski definition) is 2. The first-order valence-corrected chi connectivity index (χ1v) is 13.2. The van der Waals surface area contributed by atoms with Gasteiger partial charge in [0.1, 0.15) is 5.75 Å². The van der Waals surface area contributed by atoms with Crippen LogP contribution in [0.15, 0.2) is 30.3 Å². The van der Waals surface area contributed by atoms with Crippen molar-refractivity contribution in [2.45, 2.75) is 25.9 Å². The highest BCUT2D eigenvalue weighted by Gasteiger charge is 2.45. The second-order valence-corrected chi connectivity index (χ2v) is 11.1. The second-order valence-electron chi connectivity index (χ2n) is 9.92. The Labute approximate surface area is 222 Å². The minimum atomic E-state index is -0.234. The van der Waals surface area contributed by atoms with Gasteiger partial charge >= 0.3 is 6.01 Å². The van der Waals surface area contributed by atoms with Gasteiger partial charge in [-0.05, 0) is 59.0 Å². The fourth-order valence-electron chi connectivity index (χ4n) is 5.10. The third-order valence-electron chi connectivity index (χ3n) is 7.30. The van der Waals surface area contributed by atoms with Gasteiger partial charge in [0.15, 0.2) is 0 Å². The number of fused-ring (bicyclic) bond motifs is 2. The number of rotatable bonds is 6. The van der Waals surface area contributed by atoms with E-state index in [9.17, 15) is 15.0 Å². The number of benzene rings is 2. The summed E-state index contributed by atoms with van der Waals surface area (Å²) in [6, 6.07) is 9.00. The molecule has 36 heavy (non-hydrogen) atoms. The molecule has 0 spiro atoms. The molecule has 2 aliphatic heterocycles. The van der Waals surface area contributed by atoms with E-state index in [0.717, 1.165) is 60.0 Å². The molecule has 1 aromatic heterocycles. The fraction of sp³-hybridized carbons (Fsp3) is 0.423. The van der Waals surface area contributed by atoms with Gasteiger partial charge in [-0.25, -0.2) is 0 Å². The van der Waals surface area contributed by atoms with Crippen LogP contribution in [0.3, 0.4) is 0 Å². The topological polar surface area (TPSA) is 108 Å². The first-order chi connectivity index (χ1) is 17.4. The number of nitrogens with zero attached hydrogens (tertiary/aromatic N) is 4. The van der Waals surface area contributed by atoms with Crippen LogP contribution in [0.4, 0.5) is 0 Å². The van der Waals surface area contributed by atoms with Gasteiger partial charge in [0.05, 0.1) is 49.7 Å². The molecule has 2 aromatic carbocycles. The van der Waals surface area contributed by atoms with Crippen LogP contribution in [0.25, 0.3) is 10.8 Å². The highest BCUT2D eigenvalue weighted by Crippen LogP contribution is 2.46. The summed E-state index contributed by atoms with van der Waals surface area (Å²) in [7, 11) is 0. The lowest BCUT2D eigenvalue weighted by Crippen LogP contribution is -2.41. The van der Waals surface area contributed by atoms with Crippen molar-refractivity contribution in [1.82, 2.24) is 19.8 Å². The van der Waals surface area contributed by atoms with Gasteiger partial charge in [0.2, 0.25) is 5.88 Å². The van der Waals surface area contributed by atoms with Gasteiger partial charge in [-0.1, -0.05) is 12.1 Å². The molecule has 188 valence electrons. The van der Waals surface area contributed by atoms with Crippen LogP contribution in [-0.4, -0.2) is 75.3 Å². The van der Waals surface area contributed by atoms with Crippen LogP contribution in [-0.2, 0) is 17.8 Å². The van der Waals surface area contributed by atoms with Crippen molar-refractivity contribution in [2.24, 2.45) is 5.41 Å². The van der Waals surface area contributed by atoms with Crippen molar-refractivity contribution < 1.29 is 24.5 Å². The van der Waals surface area contributed by atoms with Crippen LogP contribution in [0.5, 0.6) is 17.6 Å². The van der Waals surface area contributed by atoms with E-state index in [4.69, 9.17) is 9.47 Å². The zero-order valence-electron chi connectivity index (χ0n) is 19.7. The number of morpholine rings is 1. The number of aromatic nitrogens is 2. The number of halogens is 1. The number of ether oxygens (including phenoxy) is 2. The average molecular weight is 602 g/mol. The number of aromatic hydroxyl groups is 2. The molecule has 1 aliphatic carbocycles. The average Bonchev–Trinajstić information content (AvgIpc) is 3.48. The number of carbonyl (C=O) groups excluding carboxylic acids is 1. The zero-order valence-corrected chi connectivity index (χ0v) is 21.9. The fourth-order valence-corrected chi connectivity index (χ4v) is 5.91. The van der Waals surface area contributed by atoms with Crippen molar-refractivity contribution in [3.05, 3.63) is 50.7 Å². The molecule has 3 aromatic rings. The molecule has 3 aliphatic rings. The van der Waals surface area contributed by atoms with E-state index in [-0.39, 0.29) is 42.1 Å². The first-order valence-electron chi connectivity index (χ1n) is 12.1. The maximum atomic E-state index is 13.5. The summed E-state index contributed by atoms with van der Waals surface area (Å²) >= 11 is 2.20. The van der Waals surface area contributed by atoms with Crippen molar-refractivity contribution in [2.75, 3.05) is 39.5 Å². The molecule has 0 atom stereocenters. The Balaban J connectivity index is 1.18. The Morgan fingerprint density at radius 1 is 1.14 bits per heavy atom. The van der Waals surface area contributed by atoms with Crippen LogP contribution in [0.2, 0.25) is 0 Å². The third kappa shape index (κ3) is 4.57. The molecule has 0 radical (unpaired) electrons. The smallest absolute Gasteiger partial charge is 0.320 e.